The lowest BCUT2D eigenvalue weighted by Gasteiger charge is -2.33. The molecule has 3 rings (SSSR count). The number of nitrogens with zero attached hydrogens (tertiary/aromatic N) is 2. The summed E-state index contributed by atoms with van der Waals surface area (Å²) in [6.45, 7) is 7.84. The Kier molecular flexibility index (Phi) is 5.96. The number of rotatable bonds is 6. The van der Waals surface area contributed by atoms with E-state index in [0.29, 0.717) is 24.6 Å². The number of piperazine rings is 1. The molecule has 0 aromatic heterocycles. The lowest BCUT2D eigenvalue weighted by atomic mass is 10.2. The zero-order valence-corrected chi connectivity index (χ0v) is 16.2. The van der Waals surface area contributed by atoms with Crippen LogP contribution in [0.5, 0.6) is 5.75 Å². The largest absolute Gasteiger partial charge is 0.492 e. The van der Waals surface area contributed by atoms with Crippen molar-refractivity contribution in [2.24, 2.45) is 0 Å². The standard InChI is InChI=1S/C20H26N2O3S/c1-17-6-8-19(9-7-17)25-15-14-21-10-12-22(13-11-21)26(23,24)20-5-3-4-18(2)16-20/h3-9,16H,10-15H2,1-2H3. The van der Waals surface area contributed by atoms with Gasteiger partial charge in [0.05, 0.1) is 4.90 Å². The van der Waals surface area contributed by atoms with Gasteiger partial charge in [-0.2, -0.15) is 4.31 Å². The summed E-state index contributed by atoms with van der Waals surface area (Å²) in [5.41, 5.74) is 2.17. The van der Waals surface area contributed by atoms with Crippen LogP contribution in [-0.4, -0.2) is 57.0 Å². The Bertz CT molecular complexity index is 826. The lowest BCUT2D eigenvalue weighted by Crippen LogP contribution is -2.49. The first-order chi connectivity index (χ1) is 12.4. The van der Waals surface area contributed by atoms with Crippen molar-refractivity contribution in [2.45, 2.75) is 18.7 Å². The van der Waals surface area contributed by atoms with E-state index in [-0.39, 0.29) is 0 Å². The predicted molar refractivity (Wildman–Crippen MR) is 103 cm³/mol. The van der Waals surface area contributed by atoms with Crippen LogP contribution in [0.2, 0.25) is 0 Å². The quantitative estimate of drug-likeness (QED) is 0.780. The van der Waals surface area contributed by atoms with Crippen LogP contribution in [0.15, 0.2) is 53.4 Å². The molecule has 6 heteroatoms. The van der Waals surface area contributed by atoms with Crippen LogP contribution in [0.25, 0.3) is 0 Å². The Morgan fingerprint density at radius 1 is 0.923 bits per heavy atom. The molecule has 0 radical (unpaired) electrons. The van der Waals surface area contributed by atoms with Gasteiger partial charge in [-0.15, -0.1) is 0 Å². The fourth-order valence-corrected chi connectivity index (χ4v) is 4.57. The topological polar surface area (TPSA) is 49.9 Å². The molecule has 140 valence electrons. The number of benzene rings is 2. The number of ether oxygens (including phenoxy) is 1. The van der Waals surface area contributed by atoms with Gasteiger partial charge in [0.15, 0.2) is 0 Å². The van der Waals surface area contributed by atoms with Crippen molar-refractivity contribution in [3.05, 3.63) is 59.7 Å². The molecule has 0 aliphatic carbocycles. The van der Waals surface area contributed by atoms with Crippen LogP contribution in [0, 0.1) is 13.8 Å². The number of sulfonamides is 1. The summed E-state index contributed by atoms with van der Waals surface area (Å²) in [4.78, 5) is 2.63. The summed E-state index contributed by atoms with van der Waals surface area (Å²) in [6.07, 6.45) is 0. The van der Waals surface area contributed by atoms with Gasteiger partial charge in [0, 0.05) is 32.7 Å². The van der Waals surface area contributed by atoms with E-state index < -0.39 is 10.0 Å². The first kappa shape index (κ1) is 18.9. The van der Waals surface area contributed by atoms with Crippen LogP contribution >= 0.6 is 0 Å². The first-order valence-electron chi connectivity index (χ1n) is 8.94. The highest BCUT2D eigenvalue weighted by Gasteiger charge is 2.28. The molecular formula is C20H26N2O3S. The van der Waals surface area contributed by atoms with Crippen molar-refractivity contribution in [3.63, 3.8) is 0 Å². The molecule has 0 amide bonds. The van der Waals surface area contributed by atoms with Crippen molar-refractivity contribution in [3.8, 4) is 5.75 Å². The van der Waals surface area contributed by atoms with E-state index in [1.165, 1.54) is 5.56 Å². The highest BCUT2D eigenvalue weighted by Crippen LogP contribution is 2.18. The summed E-state index contributed by atoms with van der Waals surface area (Å²) >= 11 is 0. The molecule has 0 bridgehead atoms. The molecule has 1 saturated heterocycles. The smallest absolute Gasteiger partial charge is 0.243 e. The molecule has 2 aromatic rings. The average Bonchev–Trinajstić information content (AvgIpc) is 2.64. The molecule has 0 spiro atoms. The van der Waals surface area contributed by atoms with E-state index >= 15 is 0 Å². The Balaban J connectivity index is 1.48. The number of hydrogen-bond donors (Lipinski definition) is 0. The number of aryl methyl sites for hydroxylation is 2. The van der Waals surface area contributed by atoms with Gasteiger partial charge in [0.1, 0.15) is 12.4 Å². The predicted octanol–water partition coefficient (Wildman–Crippen LogP) is 2.69. The normalized spacial score (nSPS) is 16.5. The van der Waals surface area contributed by atoms with Crippen molar-refractivity contribution >= 4 is 10.0 Å². The molecule has 0 atom stereocenters. The highest BCUT2D eigenvalue weighted by molar-refractivity contribution is 7.89. The maximum absolute atomic E-state index is 12.8. The average molecular weight is 375 g/mol. The molecule has 0 N–H and O–H groups in total. The summed E-state index contributed by atoms with van der Waals surface area (Å²) in [7, 11) is -3.40. The molecule has 2 aromatic carbocycles. The van der Waals surface area contributed by atoms with Crippen molar-refractivity contribution in [2.75, 3.05) is 39.3 Å². The van der Waals surface area contributed by atoms with E-state index in [1.807, 2.05) is 44.2 Å². The molecule has 1 aliphatic heterocycles. The Hall–Kier alpha value is -1.89. The third-order valence-electron chi connectivity index (χ3n) is 4.66. The van der Waals surface area contributed by atoms with Gasteiger partial charge in [0.25, 0.3) is 0 Å². The van der Waals surface area contributed by atoms with E-state index in [1.54, 1.807) is 22.5 Å². The van der Waals surface area contributed by atoms with Crippen LogP contribution in [0.1, 0.15) is 11.1 Å². The third kappa shape index (κ3) is 4.63. The first-order valence-corrected chi connectivity index (χ1v) is 10.4. The molecule has 1 aliphatic rings. The SMILES string of the molecule is Cc1ccc(OCCN2CCN(S(=O)(=O)c3cccc(C)c3)CC2)cc1. The maximum Gasteiger partial charge on any atom is 0.243 e. The van der Waals surface area contributed by atoms with Crippen molar-refractivity contribution in [1.29, 1.82) is 0 Å². The fourth-order valence-electron chi connectivity index (χ4n) is 3.05. The molecule has 1 fully saturated rings. The molecule has 5 nitrogen and oxygen atoms in total. The van der Waals surface area contributed by atoms with Crippen LogP contribution in [0.3, 0.4) is 0 Å². The minimum absolute atomic E-state index is 0.383. The molecular weight excluding hydrogens is 348 g/mol. The number of hydrogen-bond acceptors (Lipinski definition) is 4. The minimum Gasteiger partial charge on any atom is -0.492 e. The monoisotopic (exact) mass is 374 g/mol. The maximum atomic E-state index is 12.8. The van der Waals surface area contributed by atoms with E-state index in [9.17, 15) is 8.42 Å². The second-order valence-electron chi connectivity index (χ2n) is 6.72. The van der Waals surface area contributed by atoms with E-state index in [0.717, 1.165) is 30.9 Å². The Morgan fingerprint density at radius 2 is 1.62 bits per heavy atom. The second kappa shape index (κ2) is 8.20. The van der Waals surface area contributed by atoms with Gasteiger partial charge in [-0.05, 0) is 43.7 Å². The summed E-state index contributed by atoms with van der Waals surface area (Å²) in [5.74, 6) is 0.872. The summed E-state index contributed by atoms with van der Waals surface area (Å²) in [6, 6.07) is 15.1. The zero-order valence-electron chi connectivity index (χ0n) is 15.4. The third-order valence-corrected chi connectivity index (χ3v) is 6.55. The van der Waals surface area contributed by atoms with Crippen molar-refractivity contribution < 1.29 is 13.2 Å². The van der Waals surface area contributed by atoms with Crippen LogP contribution in [-0.2, 0) is 10.0 Å². The van der Waals surface area contributed by atoms with Gasteiger partial charge in [-0.1, -0.05) is 29.8 Å². The molecule has 26 heavy (non-hydrogen) atoms. The minimum atomic E-state index is -3.40. The van der Waals surface area contributed by atoms with Gasteiger partial charge in [-0.25, -0.2) is 8.42 Å². The van der Waals surface area contributed by atoms with Gasteiger partial charge < -0.3 is 4.74 Å². The molecule has 0 unspecified atom stereocenters. The summed E-state index contributed by atoms with van der Waals surface area (Å²) in [5, 5.41) is 0. The second-order valence-corrected chi connectivity index (χ2v) is 8.66. The lowest BCUT2D eigenvalue weighted by molar-refractivity contribution is 0.159. The fraction of sp³-hybridized carbons (Fsp3) is 0.400. The van der Waals surface area contributed by atoms with Crippen LogP contribution < -0.4 is 4.74 Å². The van der Waals surface area contributed by atoms with E-state index in [4.69, 9.17) is 4.74 Å². The van der Waals surface area contributed by atoms with Gasteiger partial charge >= 0.3 is 0 Å². The highest BCUT2D eigenvalue weighted by atomic mass is 32.2. The Labute approximate surface area is 156 Å². The van der Waals surface area contributed by atoms with Gasteiger partial charge in [0.2, 0.25) is 10.0 Å². The summed E-state index contributed by atoms with van der Waals surface area (Å²) < 4.78 is 32.9. The van der Waals surface area contributed by atoms with Gasteiger partial charge in [-0.3, -0.25) is 4.90 Å². The zero-order chi connectivity index (χ0) is 18.6. The molecule has 0 saturated carbocycles. The van der Waals surface area contributed by atoms with Crippen molar-refractivity contribution in [1.82, 2.24) is 9.21 Å². The van der Waals surface area contributed by atoms with Crippen LogP contribution in [0.4, 0.5) is 0 Å². The molecule has 1 heterocycles. The Morgan fingerprint density at radius 3 is 2.27 bits per heavy atom. The van der Waals surface area contributed by atoms with E-state index in [2.05, 4.69) is 4.90 Å².